The number of fused-ring (bicyclic) bond motifs is 3. The molecule has 4 atom stereocenters. The van der Waals surface area contributed by atoms with Crippen LogP contribution >= 0.6 is 12.2 Å². The first-order chi connectivity index (χ1) is 16.5. The van der Waals surface area contributed by atoms with Gasteiger partial charge in [0.1, 0.15) is 5.82 Å². The molecule has 2 N–H and O–H groups in total. The Bertz CT molecular complexity index is 1230. The van der Waals surface area contributed by atoms with Crippen LogP contribution in [0.2, 0.25) is 0 Å². The van der Waals surface area contributed by atoms with Gasteiger partial charge in [-0.3, -0.25) is 9.58 Å². The molecule has 1 unspecified atom stereocenters. The molecule has 3 aliphatic heterocycles. The fourth-order valence-electron chi connectivity index (χ4n) is 5.33. The maximum Gasteiger partial charge on any atom is 0.170 e. The molecule has 0 saturated carbocycles. The number of benzene rings is 2. The molecule has 3 aromatic rings. The molecule has 1 aromatic heterocycles. The molecule has 0 aliphatic carbocycles. The van der Waals surface area contributed by atoms with Gasteiger partial charge in [0.05, 0.1) is 17.3 Å². The lowest BCUT2D eigenvalue weighted by Gasteiger charge is -2.50. The van der Waals surface area contributed by atoms with Crippen LogP contribution in [0, 0.1) is 23.1 Å². The molecule has 3 aliphatic rings. The van der Waals surface area contributed by atoms with E-state index in [1.807, 2.05) is 23.9 Å². The second-order valence-corrected chi connectivity index (χ2v) is 9.56. The van der Waals surface area contributed by atoms with Crippen LogP contribution in [0.4, 0.5) is 10.1 Å². The minimum Gasteiger partial charge on any atom is -0.361 e. The summed E-state index contributed by atoms with van der Waals surface area (Å²) >= 11 is 5.49. The zero-order chi connectivity index (χ0) is 23.7. The van der Waals surface area contributed by atoms with E-state index >= 15 is 0 Å². The fraction of sp³-hybridized carbons (Fsp3) is 0.346. The Balaban J connectivity index is 1.20. The van der Waals surface area contributed by atoms with E-state index in [1.54, 1.807) is 24.3 Å². The summed E-state index contributed by atoms with van der Waals surface area (Å²) in [5.41, 5.74) is 4.49. The standard InChI is InChI=1S/C26H27FN6S/c1-32-25(13-24(31-32)18-5-7-20(27)8-6-18)23-16-33-10-9-19(23)12-22(33)15-29-26(34)30-21-4-2-3-17(11-21)14-28/h2-8,11,13,19,22-23H,9-10,12,15-16H2,1H3,(H2,29,30,34)/t19-,22+,23-/m0/s1. The average Bonchev–Trinajstić information content (AvgIpc) is 3.25. The molecule has 8 heteroatoms. The smallest absolute Gasteiger partial charge is 0.170 e. The van der Waals surface area contributed by atoms with Gasteiger partial charge in [0, 0.05) is 49.0 Å². The van der Waals surface area contributed by atoms with E-state index < -0.39 is 0 Å². The molecule has 34 heavy (non-hydrogen) atoms. The van der Waals surface area contributed by atoms with Crippen molar-refractivity contribution in [2.75, 3.05) is 25.0 Å². The Morgan fingerprint density at radius 1 is 1.24 bits per heavy atom. The lowest BCUT2D eigenvalue weighted by Crippen LogP contribution is -2.56. The molecule has 174 valence electrons. The number of halogens is 1. The van der Waals surface area contributed by atoms with Crippen LogP contribution in [-0.2, 0) is 7.05 Å². The highest BCUT2D eigenvalue weighted by atomic mass is 32.1. The molecular weight excluding hydrogens is 447 g/mol. The van der Waals surface area contributed by atoms with E-state index in [0.29, 0.717) is 28.6 Å². The number of piperidine rings is 3. The van der Waals surface area contributed by atoms with Crippen LogP contribution in [0.15, 0.2) is 54.6 Å². The summed E-state index contributed by atoms with van der Waals surface area (Å²) in [5, 5.41) is 20.9. The summed E-state index contributed by atoms with van der Waals surface area (Å²) in [6.45, 7) is 2.89. The predicted octanol–water partition coefficient (Wildman–Crippen LogP) is 4.26. The van der Waals surface area contributed by atoms with Crippen molar-refractivity contribution in [1.29, 1.82) is 5.26 Å². The highest BCUT2D eigenvalue weighted by Gasteiger charge is 2.41. The van der Waals surface area contributed by atoms with Gasteiger partial charge in [-0.25, -0.2) is 4.39 Å². The van der Waals surface area contributed by atoms with Gasteiger partial charge in [-0.15, -0.1) is 0 Å². The number of thiocarbonyl (C=S) groups is 1. The predicted molar refractivity (Wildman–Crippen MR) is 135 cm³/mol. The largest absolute Gasteiger partial charge is 0.361 e. The number of rotatable bonds is 5. The summed E-state index contributed by atoms with van der Waals surface area (Å²) in [6.07, 6.45) is 2.29. The zero-order valence-corrected chi connectivity index (χ0v) is 19.9. The Kier molecular flexibility index (Phi) is 6.31. The Hall–Kier alpha value is -3.28. The van der Waals surface area contributed by atoms with Crippen LogP contribution in [-0.4, -0.2) is 45.5 Å². The van der Waals surface area contributed by atoms with Crippen LogP contribution in [0.1, 0.15) is 30.0 Å². The molecule has 4 heterocycles. The number of nitrogens with zero attached hydrogens (tertiary/aromatic N) is 4. The van der Waals surface area contributed by atoms with Gasteiger partial charge >= 0.3 is 0 Å². The molecule has 3 fully saturated rings. The lowest BCUT2D eigenvalue weighted by molar-refractivity contribution is 0.0303. The Morgan fingerprint density at radius 3 is 2.79 bits per heavy atom. The lowest BCUT2D eigenvalue weighted by atomic mass is 9.74. The average molecular weight is 475 g/mol. The summed E-state index contributed by atoms with van der Waals surface area (Å²) in [7, 11) is 2.00. The number of nitrogens with one attached hydrogen (secondary N) is 2. The summed E-state index contributed by atoms with van der Waals surface area (Å²) in [4.78, 5) is 2.56. The first kappa shape index (κ1) is 22.5. The quantitative estimate of drug-likeness (QED) is 0.539. The van der Waals surface area contributed by atoms with Gasteiger partial charge in [-0.1, -0.05) is 6.07 Å². The number of hydrogen-bond donors (Lipinski definition) is 2. The Morgan fingerprint density at radius 2 is 2.06 bits per heavy atom. The van der Waals surface area contributed by atoms with Crippen molar-refractivity contribution in [3.05, 3.63) is 71.7 Å². The minimum atomic E-state index is -0.234. The van der Waals surface area contributed by atoms with Gasteiger partial charge in [0.2, 0.25) is 0 Å². The van der Waals surface area contributed by atoms with Gasteiger partial charge in [-0.05, 0) is 86.1 Å². The maximum atomic E-state index is 13.3. The number of aromatic nitrogens is 2. The molecule has 0 radical (unpaired) electrons. The number of aryl methyl sites for hydroxylation is 1. The highest BCUT2D eigenvalue weighted by Crippen LogP contribution is 2.42. The molecule has 6 rings (SSSR count). The SMILES string of the molecule is Cn1nc(-c2ccc(F)cc2)cc1[C@H]1CN2CC[C@H]1C[C@@H]2CNC(=S)Nc1cccc(C#N)c1. The van der Waals surface area contributed by atoms with Crippen molar-refractivity contribution in [3.8, 4) is 17.3 Å². The van der Waals surface area contributed by atoms with Crippen LogP contribution < -0.4 is 10.6 Å². The third-order valence-corrected chi connectivity index (χ3v) is 7.31. The van der Waals surface area contributed by atoms with Crippen molar-refractivity contribution in [2.45, 2.75) is 24.8 Å². The molecule has 0 amide bonds. The monoisotopic (exact) mass is 474 g/mol. The third-order valence-electron chi connectivity index (χ3n) is 7.06. The topological polar surface area (TPSA) is 68.9 Å². The van der Waals surface area contributed by atoms with E-state index in [0.717, 1.165) is 43.0 Å². The second kappa shape index (κ2) is 9.53. The summed E-state index contributed by atoms with van der Waals surface area (Å²) in [6, 6.07) is 18.6. The van der Waals surface area contributed by atoms with E-state index in [4.69, 9.17) is 22.6 Å². The van der Waals surface area contributed by atoms with Crippen molar-refractivity contribution < 1.29 is 4.39 Å². The maximum absolute atomic E-state index is 13.3. The third kappa shape index (κ3) is 4.67. The first-order valence-electron chi connectivity index (χ1n) is 11.6. The fourth-order valence-corrected chi connectivity index (χ4v) is 5.53. The molecule has 6 nitrogen and oxygen atoms in total. The highest BCUT2D eigenvalue weighted by molar-refractivity contribution is 7.80. The number of nitriles is 1. The van der Waals surface area contributed by atoms with E-state index in [-0.39, 0.29) is 5.82 Å². The van der Waals surface area contributed by atoms with Crippen LogP contribution in [0.25, 0.3) is 11.3 Å². The van der Waals surface area contributed by atoms with Crippen molar-refractivity contribution in [1.82, 2.24) is 20.0 Å². The molecular formula is C26H27FN6S. The molecule has 2 aromatic carbocycles. The zero-order valence-electron chi connectivity index (χ0n) is 19.0. The molecule has 0 spiro atoms. The second-order valence-electron chi connectivity index (χ2n) is 9.15. The van der Waals surface area contributed by atoms with Gasteiger partial charge in [0.15, 0.2) is 5.11 Å². The van der Waals surface area contributed by atoms with E-state index in [2.05, 4.69) is 27.7 Å². The molecule has 3 saturated heterocycles. The Labute approximate surface area is 204 Å². The normalized spacial score (nSPS) is 23.3. The van der Waals surface area contributed by atoms with Crippen molar-refractivity contribution >= 4 is 23.0 Å². The van der Waals surface area contributed by atoms with Crippen LogP contribution in [0.5, 0.6) is 0 Å². The van der Waals surface area contributed by atoms with E-state index in [9.17, 15) is 4.39 Å². The van der Waals surface area contributed by atoms with Crippen molar-refractivity contribution in [3.63, 3.8) is 0 Å². The summed E-state index contributed by atoms with van der Waals surface area (Å²) in [5.74, 6) is 0.805. The van der Waals surface area contributed by atoms with Gasteiger partial charge in [0.25, 0.3) is 0 Å². The van der Waals surface area contributed by atoms with Crippen LogP contribution in [0.3, 0.4) is 0 Å². The first-order valence-corrected chi connectivity index (χ1v) is 12.0. The molecule has 2 bridgehead atoms. The van der Waals surface area contributed by atoms with Gasteiger partial charge < -0.3 is 10.6 Å². The minimum absolute atomic E-state index is 0.234. The van der Waals surface area contributed by atoms with Crippen molar-refractivity contribution in [2.24, 2.45) is 13.0 Å². The van der Waals surface area contributed by atoms with E-state index in [1.165, 1.54) is 24.2 Å². The number of hydrogen-bond acceptors (Lipinski definition) is 4. The summed E-state index contributed by atoms with van der Waals surface area (Å²) < 4.78 is 15.3. The number of anilines is 1. The van der Waals surface area contributed by atoms with Gasteiger partial charge in [-0.2, -0.15) is 10.4 Å².